The first kappa shape index (κ1) is 15.5. The summed E-state index contributed by atoms with van der Waals surface area (Å²) in [5.74, 6) is 0. The summed E-state index contributed by atoms with van der Waals surface area (Å²) in [5, 5.41) is 8.53. The Bertz CT molecular complexity index is 795. The van der Waals surface area contributed by atoms with E-state index in [2.05, 4.69) is 5.10 Å². The number of sulfonamides is 1. The second-order valence-corrected chi connectivity index (χ2v) is 6.11. The lowest BCUT2D eigenvalue weighted by molar-refractivity contribution is -0.141. The highest BCUT2D eigenvalue weighted by atomic mass is 32.2. The molecule has 0 aliphatic rings. The summed E-state index contributed by atoms with van der Waals surface area (Å²) < 4.78 is 61.6. The summed E-state index contributed by atoms with van der Waals surface area (Å²) in [6, 6.07) is 4.93. The van der Waals surface area contributed by atoms with Crippen LogP contribution in [0.5, 0.6) is 0 Å². The van der Waals surface area contributed by atoms with Crippen LogP contribution in [0.25, 0.3) is 5.69 Å². The molecule has 21 heavy (non-hydrogen) atoms. The molecule has 2 N–H and O–H groups in total. The fraction of sp³-hybridized carbons (Fsp3) is 0.250. The number of alkyl halides is 3. The van der Waals surface area contributed by atoms with Crippen LogP contribution in [0.3, 0.4) is 0 Å². The smallest absolute Gasteiger partial charge is 0.238 e. The highest BCUT2D eigenvalue weighted by Crippen LogP contribution is 2.29. The van der Waals surface area contributed by atoms with Crippen LogP contribution in [0.4, 0.5) is 13.2 Å². The van der Waals surface area contributed by atoms with Crippen LogP contribution < -0.4 is 5.14 Å². The van der Waals surface area contributed by atoms with Gasteiger partial charge in [-0.1, -0.05) is 0 Å². The molecular weight excluding hydrogens is 307 g/mol. The van der Waals surface area contributed by atoms with Crippen molar-refractivity contribution in [3.05, 3.63) is 41.2 Å². The molecule has 0 aliphatic heterocycles. The maximum Gasteiger partial charge on any atom is 0.435 e. The predicted octanol–water partition coefficient (Wildman–Crippen LogP) is 2.16. The van der Waals surface area contributed by atoms with Gasteiger partial charge in [0.05, 0.1) is 10.6 Å². The molecule has 0 atom stereocenters. The summed E-state index contributed by atoms with van der Waals surface area (Å²) in [5.41, 5.74) is -0.0652. The number of aryl methyl sites for hydroxylation is 2. The van der Waals surface area contributed by atoms with Gasteiger partial charge in [-0.05, 0) is 43.7 Å². The lowest BCUT2D eigenvalue weighted by Crippen LogP contribution is -2.14. The van der Waals surface area contributed by atoms with Gasteiger partial charge in [0, 0.05) is 5.69 Å². The van der Waals surface area contributed by atoms with Crippen LogP contribution >= 0.6 is 0 Å². The third-order valence-electron chi connectivity index (χ3n) is 2.89. The molecule has 2 aromatic rings. The molecule has 1 aromatic heterocycles. The van der Waals surface area contributed by atoms with Gasteiger partial charge in [-0.3, -0.25) is 0 Å². The number of benzene rings is 1. The lowest BCUT2D eigenvalue weighted by Gasteiger charge is -2.08. The second kappa shape index (κ2) is 4.85. The lowest BCUT2D eigenvalue weighted by atomic mass is 10.2. The summed E-state index contributed by atoms with van der Waals surface area (Å²) in [6.45, 7) is 2.98. The normalized spacial score (nSPS) is 12.7. The van der Waals surface area contributed by atoms with Gasteiger partial charge < -0.3 is 0 Å². The SMILES string of the molecule is Cc1cc(-n2nc(C(F)(F)F)cc2C)ccc1S(N)(=O)=O. The molecule has 9 heteroatoms. The maximum atomic E-state index is 12.6. The number of nitrogens with zero attached hydrogens (tertiary/aromatic N) is 2. The molecule has 1 aromatic carbocycles. The van der Waals surface area contributed by atoms with E-state index in [1.807, 2.05) is 0 Å². The third kappa shape index (κ3) is 3.08. The molecule has 0 saturated carbocycles. The number of rotatable bonds is 2. The van der Waals surface area contributed by atoms with E-state index in [4.69, 9.17) is 5.14 Å². The molecule has 0 amide bonds. The van der Waals surface area contributed by atoms with Gasteiger partial charge in [0.15, 0.2) is 5.69 Å². The Morgan fingerprint density at radius 3 is 2.24 bits per heavy atom. The highest BCUT2D eigenvalue weighted by molar-refractivity contribution is 7.89. The van der Waals surface area contributed by atoms with Crippen molar-refractivity contribution in [2.75, 3.05) is 0 Å². The fourth-order valence-electron chi connectivity index (χ4n) is 1.96. The minimum Gasteiger partial charge on any atom is -0.238 e. The van der Waals surface area contributed by atoms with Crippen molar-refractivity contribution >= 4 is 10.0 Å². The van der Waals surface area contributed by atoms with E-state index in [1.54, 1.807) is 0 Å². The van der Waals surface area contributed by atoms with Crippen LogP contribution in [-0.4, -0.2) is 18.2 Å². The number of hydrogen-bond donors (Lipinski definition) is 1. The van der Waals surface area contributed by atoms with Gasteiger partial charge in [-0.25, -0.2) is 18.2 Å². The van der Waals surface area contributed by atoms with Gasteiger partial charge >= 0.3 is 6.18 Å². The second-order valence-electron chi connectivity index (χ2n) is 4.58. The molecule has 0 unspecified atom stereocenters. The summed E-state index contributed by atoms with van der Waals surface area (Å²) in [4.78, 5) is -0.0768. The van der Waals surface area contributed by atoms with Crippen molar-refractivity contribution in [1.82, 2.24) is 9.78 Å². The van der Waals surface area contributed by atoms with E-state index in [0.29, 0.717) is 11.3 Å². The molecule has 1 heterocycles. The van der Waals surface area contributed by atoms with Gasteiger partial charge in [-0.15, -0.1) is 0 Å². The first-order chi connectivity index (χ1) is 9.50. The minimum absolute atomic E-state index is 0.0768. The van der Waals surface area contributed by atoms with Crippen molar-refractivity contribution in [2.45, 2.75) is 24.9 Å². The monoisotopic (exact) mass is 319 g/mol. The Kier molecular flexibility index (Phi) is 3.58. The standard InChI is InChI=1S/C12H12F3N3O2S/c1-7-5-9(3-4-10(7)21(16,19)20)18-8(2)6-11(17-18)12(13,14)15/h3-6H,1-2H3,(H2,16,19,20). The molecule has 0 fully saturated rings. The van der Waals surface area contributed by atoms with Crippen LogP contribution in [0.1, 0.15) is 17.0 Å². The predicted molar refractivity (Wildman–Crippen MR) is 69.4 cm³/mol. The fourth-order valence-corrected chi connectivity index (χ4v) is 2.72. The van der Waals surface area contributed by atoms with Crippen molar-refractivity contribution < 1.29 is 21.6 Å². The molecule has 5 nitrogen and oxygen atoms in total. The average Bonchev–Trinajstić information content (AvgIpc) is 2.69. The summed E-state index contributed by atoms with van der Waals surface area (Å²) in [7, 11) is -3.87. The first-order valence-corrected chi connectivity index (χ1v) is 7.32. The van der Waals surface area contributed by atoms with E-state index < -0.39 is 21.9 Å². The number of halogens is 3. The van der Waals surface area contributed by atoms with E-state index in [1.165, 1.54) is 32.0 Å². The Hall–Kier alpha value is -1.87. The van der Waals surface area contributed by atoms with E-state index in [-0.39, 0.29) is 10.6 Å². The molecule has 0 aliphatic carbocycles. The van der Waals surface area contributed by atoms with E-state index in [0.717, 1.165) is 10.7 Å². The van der Waals surface area contributed by atoms with Gasteiger partial charge in [0.1, 0.15) is 0 Å². The van der Waals surface area contributed by atoms with Crippen molar-refractivity contribution in [3.8, 4) is 5.69 Å². The van der Waals surface area contributed by atoms with Crippen LogP contribution in [0.2, 0.25) is 0 Å². The minimum atomic E-state index is -4.54. The molecule has 0 saturated heterocycles. The van der Waals surface area contributed by atoms with Crippen LogP contribution in [-0.2, 0) is 16.2 Å². The molecule has 114 valence electrons. The number of nitrogens with two attached hydrogens (primary N) is 1. The quantitative estimate of drug-likeness (QED) is 0.921. The highest BCUT2D eigenvalue weighted by Gasteiger charge is 2.34. The molecule has 2 rings (SSSR count). The molecular formula is C12H12F3N3O2S. The van der Waals surface area contributed by atoms with Crippen LogP contribution in [0, 0.1) is 13.8 Å². The molecule has 0 bridgehead atoms. The third-order valence-corrected chi connectivity index (χ3v) is 3.96. The van der Waals surface area contributed by atoms with E-state index >= 15 is 0 Å². The van der Waals surface area contributed by atoms with E-state index in [9.17, 15) is 21.6 Å². The largest absolute Gasteiger partial charge is 0.435 e. The van der Waals surface area contributed by atoms with Gasteiger partial charge in [0.25, 0.3) is 0 Å². The zero-order valence-electron chi connectivity index (χ0n) is 11.1. The average molecular weight is 319 g/mol. The van der Waals surface area contributed by atoms with Crippen molar-refractivity contribution in [1.29, 1.82) is 0 Å². The topological polar surface area (TPSA) is 78.0 Å². The summed E-state index contributed by atoms with van der Waals surface area (Å²) in [6.07, 6.45) is -4.54. The Balaban J connectivity index is 2.54. The van der Waals surface area contributed by atoms with Crippen LogP contribution in [0.15, 0.2) is 29.2 Å². The van der Waals surface area contributed by atoms with Crippen molar-refractivity contribution in [3.63, 3.8) is 0 Å². The summed E-state index contributed by atoms with van der Waals surface area (Å²) >= 11 is 0. The Labute approximate surface area is 119 Å². The zero-order chi connectivity index (χ0) is 16.0. The van der Waals surface area contributed by atoms with Gasteiger partial charge in [-0.2, -0.15) is 18.3 Å². The zero-order valence-corrected chi connectivity index (χ0v) is 12.0. The molecule has 0 spiro atoms. The Morgan fingerprint density at radius 2 is 1.81 bits per heavy atom. The Morgan fingerprint density at radius 1 is 1.19 bits per heavy atom. The van der Waals surface area contributed by atoms with Crippen molar-refractivity contribution in [2.24, 2.45) is 5.14 Å². The first-order valence-electron chi connectivity index (χ1n) is 5.78. The number of aromatic nitrogens is 2. The maximum absolute atomic E-state index is 12.6. The number of primary sulfonamides is 1. The van der Waals surface area contributed by atoms with Gasteiger partial charge in [0.2, 0.25) is 10.0 Å². The molecule has 0 radical (unpaired) electrons. The number of hydrogen-bond acceptors (Lipinski definition) is 3.